The second kappa shape index (κ2) is 13.6. The molecule has 4 rings (SSSR count). The minimum absolute atomic E-state index is 0.0566. The molecule has 0 aromatic heterocycles. The zero-order valence-electron chi connectivity index (χ0n) is 23.0. The van der Waals surface area contributed by atoms with Gasteiger partial charge >= 0.3 is 18.3 Å². The molecule has 2 N–H and O–H groups in total. The highest BCUT2D eigenvalue weighted by Crippen LogP contribution is 2.49. The van der Waals surface area contributed by atoms with E-state index < -0.39 is 51.7 Å². The number of nitrogens with zero attached hydrogens (tertiary/aromatic N) is 3. The van der Waals surface area contributed by atoms with Gasteiger partial charge in [0.15, 0.2) is 0 Å². The summed E-state index contributed by atoms with van der Waals surface area (Å²) in [5.74, 6) is -2.29. The summed E-state index contributed by atoms with van der Waals surface area (Å²) in [4.78, 5) is 28.8. The third kappa shape index (κ3) is 8.03. The van der Waals surface area contributed by atoms with Gasteiger partial charge in [0.25, 0.3) is 0 Å². The largest absolute Gasteiger partial charge is 0.481 e. The number of halogens is 6. The number of alkyl halides is 6. The van der Waals surface area contributed by atoms with Crippen molar-refractivity contribution in [1.82, 2.24) is 9.80 Å². The second-order valence-electron chi connectivity index (χ2n) is 10.3. The van der Waals surface area contributed by atoms with E-state index in [-0.39, 0.29) is 31.1 Å². The average molecular weight is 632 g/mol. The van der Waals surface area contributed by atoms with Gasteiger partial charge in [0.2, 0.25) is 5.91 Å². The average Bonchev–Trinajstić information content (AvgIpc) is 2.96. The number of carbonyl (C=O) groups excluding carboxylic acids is 1. The third-order valence-corrected chi connectivity index (χ3v) is 8.59. The number of aliphatic carboxylic acids is 1. The molecule has 2 heterocycles. The van der Waals surface area contributed by atoms with E-state index in [1.54, 1.807) is 23.1 Å². The van der Waals surface area contributed by atoms with Crippen LogP contribution >= 0.6 is 11.8 Å². The molecule has 2 aliphatic rings. The molecule has 1 atom stereocenters. The minimum atomic E-state index is -5.39. The molecule has 43 heavy (non-hydrogen) atoms. The molecule has 1 amide bonds. The number of rotatable bonds is 8. The number of piperazine rings is 1. The topological polar surface area (TPSA) is 84.3 Å². The highest BCUT2D eigenvalue weighted by Gasteiger charge is 2.46. The van der Waals surface area contributed by atoms with Crippen molar-refractivity contribution >= 4 is 35.4 Å². The maximum atomic E-state index is 14.4. The summed E-state index contributed by atoms with van der Waals surface area (Å²) in [7, 11) is 0. The zero-order valence-corrected chi connectivity index (χ0v) is 23.8. The van der Waals surface area contributed by atoms with E-state index in [4.69, 9.17) is 5.11 Å². The predicted octanol–water partition coefficient (Wildman–Crippen LogP) is 5.33. The molecule has 7 nitrogen and oxygen atoms in total. The Hall–Kier alpha value is -3.23. The van der Waals surface area contributed by atoms with Crippen LogP contribution < -0.4 is 4.90 Å². The summed E-state index contributed by atoms with van der Waals surface area (Å²) in [6.45, 7) is 2.38. The molecule has 234 valence electrons. The quantitative estimate of drug-likeness (QED) is 0.301. The van der Waals surface area contributed by atoms with Gasteiger partial charge in [-0.3, -0.25) is 14.5 Å². The first kappa shape index (κ1) is 32.7. The van der Waals surface area contributed by atoms with Crippen molar-refractivity contribution in [3.63, 3.8) is 0 Å². The van der Waals surface area contributed by atoms with Crippen LogP contribution in [0.5, 0.6) is 0 Å². The lowest BCUT2D eigenvalue weighted by atomic mass is 9.98. The highest BCUT2D eigenvalue weighted by molar-refractivity contribution is 7.99. The van der Waals surface area contributed by atoms with Gasteiger partial charge in [-0.1, -0.05) is 30.0 Å². The molecule has 0 bridgehead atoms. The van der Waals surface area contributed by atoms with Gasteiger partial charge in [-0.2, -0.15) is 26.3 Å². The Morgan fingerprint density at radius 1 is 0.907 bits per heavy atom. The Morgan fingerprint density at radius 3 is 2.21 bits per heavy atom. The number of carboxylic acid groups (broad SMARTS) is 1. The SMILES string of the molecule is O=C(O)C1CCCN(c2ccccc2Sc2ccc(C=CC(=O)N3CCN(CCO)CC3)c(C(F)(F)F)c2C(F)(F)F)C1. The van der Waals surface area contributed by atoms with Gasteiger partial charge in [0, 0.05) is 61.7 Å². The molecule has 1 unspecified atom stereocenters. The van der Waals surface area contributed by atoms with Gasteiger partial charge in [-0.05, 0) is 42.7 Å². The number of anilines is 1. The Bertz CT molecular complexity index is 1340. The van der Waals surface area contributed by atoms with Gasteiger partial charge in [0.1, 0.15) is 0 Å². The summed E-state index contributed by atoms with van der Waals surface area (Å²) in [6, 6.07) is 8.17. The van der Waals surface area contributed by atoms with E-state index in [9.17, 15) is 41.0 Å². The predicted molar refractivity (Wildman–Crippen MR) is 149 cm³/mol. The van der Waals surface area contributed by atoms with Crippen molar-refractivity contribution in [2.24, 2.45) is 5.92 Å². The van der Waals surface area contributed by atoms with Crippen LogP contribution in [0, 0.1) is 5.92 Å². The number of para-hydroxylation sites is 1. The van der Waals surface area contributed by atoms with Gasteiger partial charge in [-0.25, -0.2) is 0 Å². The molecular formula is C29H31F6N3O4S. The van der Waals surface area contributed by atoms with Crippen molar-refractivity contribution in [2.45, 2.75) is 35.0 Å². The van der Waals surface area contributed by atoms with Crippen molar-refractivity contribution in [3.05, 3.63) is 59.2 Å². The molecule has 14 heteroatoms. The third-order valence-electron chi connectivity index (χ3n) is 7.47. The molecule has 2 saturated heterocycles. The lowest BCUT2D eigenvalue weighted by molar-refractivity contribution is -0.163. The fourth-order valence-corrected chi connectivity index (χ4v) is 6.47. The van der Waals surface area contributed by atoms with Gasteiger partial charge in [-0.15, -0.1) is 0 Å². The molecule has 2 aliphatic heterocycles. The molecular weight excluding hydrogens is 600 g/mol. The number of carboxylic acids is 1. The van der Waals surface area contributed by atoms with E-state index in [0.29, 0.717) is 56.5 Å². The molecule has 0 aliphatic carbocycles. The summed E-state index contributed by atoms with van der Waals surface area (Å²) in [5.41, 5.74) is -4.09. The lowest BCUT2D eigenvalue weighted by Gasteiger charge is -2.34. The molecule has 2 fully saturated rings. The van der Waals surface area contributed by atoms with Crippen LogP contribution in [0.25, 0.3) is 6.08 Å². The van der Waals surface area contributed by atoms with Crippen LogP contribution in [0.4, 0.5) is 32.0 Å². The Morgan fingerprint density at radius 2 is 1.58 bits per heavy atom. The normalized spacial score (nSPS) is 18.8. The number of benzene rings is 2. The number of aliphatic hydroxyl groups excluding tert-OH is 1. The first-order chi connectivity index (χ1) is 20.3. The van der Waals surface area contributed by atoms with Crippen molar-refractivity contribution < 1.29 is 46.1 Å². The Balaban J connectivity index is 1.67. The summed E-state index contributed by atoms with van der Waals surface area (Å²) in [6.07, 6.45) is -8.15. The number of hydrogen-bond donors (Lipinski definition) is 2. The summed E-state index contributed by atoms with van der Waals surface area (Å²) in [5, 5.41) is 18.5. The molecule has 0 radical (unpaired) electrons. The van der Waals surface area contributed by atoms with E-state index in [2.05, 4.69) is 0 Å². The minimum Gasteiger partial charge on any atom is -0.481 e. The maximum absolute atomic E-state index is 14.4. The van der Waals surface area contributed by atoms with Crippen LogP contribution in [0.15, 0.2) is 52.3 Å². The van der Waals surface area contributed by atoms with Crippen LogP contribution in [-0.4, -0.2) is 84.3 Å². The van der Waals surface area contributed by atoms with Crippen molar-refractivity contribution in [2.75, 3.05) is 57.3 Å². The zero-order chi connectivity index (χ0) is 31.4. The number of hydrogen-bond acceptors (Lipinski definition) is 6. The van der Waals surface area contributed by atoms with Crippen molar-refractivity contribution in [1.29, 1.82) is 0 Å². The smallest absolute Gasteiger partial charge is 0.418 e. The van der Waals surface area contributed by atoms with Crippen LogP contribution in [0.3, 0.4) is 0 Å². The van der Waals surface area contributed by atoms with Crippen molar-refractivity contribution in [3.8, 4) is 0 Å². The molecule has 2 aromatic carbocycles. The number of aliphatic hydroxyl groups is 1. The lowest BCUT2D eigenvalue weighted by Crippen LogP contribution is -2.48. The molecule has 0 saturated carbocycles. The highest BCUT2D eigenvalue weighted by atomic mass is 32.2. The Labute approximate surface area is 248 Å². The molecule has 2 aromatic rings. The standard InChI is InChI=1S/C29H31F6N3O4S/c30-28(31,32)25-19(8-10-24(40)37-14-12-36(13-15-37)16-17-39)7-9-23(26(25)29(33,34)35)43-22-6-2-1-5-21(22)38-11-3-4-20(18-38)27(41)42/h1-2,5-10,20,39H,3-4,11-18H2,(H,41,42). The number of β-amino-alcohol motifs (C(OH)–C–C–N with tert-alkyl or cyclic N) is 1. The monoisotopic (exact) mass is 631 g/mol. The first-order valence-electron chi connectivity index (χ1n) is 13.7. The fourth-order valence-electron chi connectivity index (χ4n) is 5.33. The van der Waals surface area contributed by atoms with E-state index in [1.165, 1.54) is 11.0 Å². The van der Waals surface area contributed by atoms with Crippen LogP contribution in [0.1, 0.15) is 29.5 Å². The first-order valence-corrected chi connectivity index (χ1v) is 14.5. The number of amides is 1. The molecule has 0 spiro atoms. The summed E-state index contributed by atoms with van der Waals surface area (Å²) >= 11 is 0.530. The Kier molecular flexibility index (Phi) is 10.3. The second-order valence-corrected chi connectivity index (χ2v) is 11.4. The van der Waals surface area contributed by atoms with Crippen LogP contribution in [0.2, 0.25) is 0 Å². The van der Waals surface area contributed by atoms with Gasteiger partial charge in [0.05, 0.1) is 29.3 Å². The number of carbonyl (C=O) groups is 2. The van der Waals surface area contributed by atoms with E-state index in [0.717, 1.165) is 24.3 Å². The van der Waals surface area contributed by atoms with Gasteiger partial charge < -0.3 is 20.0 Å². The fraction of sp³-hybridized carbons (Fsp3) is 0.448. The maximum Gasteiger partial charge on any atom is 0.418 e. The van der Waals surface area contributed by atoms with E-state index in [1.807, 2.05) is 4.90 Å². The van der Waals surface area contributed by atoms with Crippen LogP contribution in [-0.2, 0) is 21.9 Å². The summed E-state index contributed by atoms with van der Waals surface area (Å²) < 4.78 is 86.1. The van der Waals surface area contributed by atoms with E-state index >= 15 is 0 Å². The number of piperidine rings is 1.